The van der Waals surface area contributed by atoms with E-state index in [0.29, 0.717) is 36.0 Å². The third-order valence-electron chi connectivity index (χ3n) is 4.22. The van der Waals surface area contributed by atoms with Gasteiger partial charge in [0.15, 0.2) is 0 Å². The summed E-state index contributed by atoms with van der Waals surface area (Å²) >= 11 is 0. The van der Waals surface area contributed by atoms with Gasteiger partial charge in [-0.05, 0) is 48.2 Å². The molecule has 0 unspecified atom stereocenters. The van der Waals surface area contributed by atoms with Gasteiger partial charge >= 0.3 is 5.97 Å². The van der Waals surface area contributed by atoms with Gasteiger partial charge in [-0.3, -0.25) is 4.79 Å². The molecule has 0 spiro atoms. The van der Waals surface area contributed by atoms with E-state index in [9.17, 15) is 4.79 Å². The van der Waals surface area contributed by atoms with Crippen molar-refractivity contribution in [3.8, 4) is 22.8 Å². The molecule has 0 bridgehead atoms. The molecule has 0 saturated heterocycles. The highest BCUT2D eigenvalue weighted by Crippen LogP contribution is 2.37. The molecule has 2 aromatic carbocycles. The quantitative estimate of drug-likeness (QED) is 0.385. The van der Waals surface area contributed by atoms with E-state index in [1.165, 1.54) is 12.5 Å². The molecule has 1 heterocycles. The molecular weight excluding hydrogens is 352 g/mol. The Hall–Kier alpha value is -3.01. The Balaban J connectivity index is 1.95. The van der Waals surface area contributed by atoms with Crippen molar-refractivity contribution in [3.05, 3.63) is 71.5 Å². The molecule has 0 amide bonds. The van der Waals surface area contributed by atoms with Crippen LogP contribution in [0.3, 0.4) is 0 Å². The van der Waals surface area contributed by atoms with Crippen molar-refractivity contribution >= 4 is 5.97 Å². The Kier molecular flexibility index (Phi) is 6.19. The number of hydrogen-bond acceptors (Lipinski definition) is 4. The van der Waals surface area contributed by atoms with Crippen LogP contribution >= 0.6 is 0 Å². The molecule has 0 aliphatic rings. The summed E-state index contributed by atoms with van der Waals surface area (Å²) in [5.74, 6) is 2.79. The van der Waals surface area contributed by atoms with E-state index in [4.69, 9.17) is 13.9 Å². The fourth-order valence-corrected chi connectivity index (χ4v) is 2.98. The molecule has 0 aliphatic carbocycles. The van der Waals surface area contributed by atoms with Gasteiger partial charge in [0, 0.05) is 13.3 Å². The molecule has 1 aromatic heterocycles. The Morgan fingerprint density at radius 1 is 1.07 bits per heavy atom. The van der Waals surface area contributed by atoms with Crippen molar-refractivity contribution in [2.24, 2.45) is 5.92 Å². The van der Waals surface area contributed by atoms with E-state index in [2.05, 4.69) is 26.0 Å². The van der Waals surface area contributed by atoms with Crippen molar-refractivity contribution in [2.45, 2.75) is 34.1 Å². The normalized spacial score (nSPS) is 10.9. The Labute approximate surface area is 166 Å². The topological polar surface area (TPSA) is 48.7 Å². The number of benzene rings is 2. The summed E-state index contributed by atoms with van der Waals surface area (Å²) in [7, 11) is 0. The predicted molar refractivity (Wildman–Crippen MR) is 110 cm³/mol. The number of hydrogen-bond donors (Lipinski definition) is 0. The lowest BCUT2D eigenvalue weighted by Gasteiger charge is -2.13. The summed E-state index contributed by atoms with van der Waals surface area (Å²) in [5.41, 5.74) is 2.88. The zero-order valence-corrected chi connectivity index (χ0v) is 16.8. The maximum atomic E-state index is 11.5. The second-order valence-corrected chi connectivity index (χ2v) is 7.34. The van der Waals surface area contributed by atoms with Crippen LogP contribution < -0.4 is 9.47 Å². The van der Waals surface area contributed by atoms with Gasteiger partial charge < -0.3 is 13.9 Å². The van der Waals surface area contributed by atoms with Crippen LogP contribution in [0.25, 0.3) is 11.3 Å². The number of carbonyl (C=O) groups is 1. The smallest absolute Gasteiger partial charge is 0.308 e. The Morgan fingerprint density at radius 3 is 2.50 bits per heavy atom. The lowest BCUT2D eigenvalue weighted by Crippen LogP contribution is -2.06. The molecule has 0 radical (unpaired) electrons. The highest BCUT2D eigenvalue weighted by atomic mass is 16.5. The van der Waals surface area contributed by atoms with Crippen LogP contribution in [0.15, 0.2) is 59.0 Å². The van der Waals surface area contributed by atoms with E-state index in [1.807, 2.05) is 43.3 Å². The Bertz CT molecular complexity index is 938. The first kappa shape index (κ1) is 19.7. The molecule has 146 valence electrons. The van der Waals surface area contributed by atoms with Gasteiger partial charge in [-0.2, -0.15) is 0 Å². The van der Waals surface area contributed by atoms with Crippen LogP contribution in [0.4, 0.5) is 0 Å². The molecule has 4 nitrogen and oxygen atoms in total. The second-order valence-electron chi connectivity index (χ2n) is 7.34. The van der Waals surface area contributed by atoms with Gasteiger partial charge in [0.25, 0.3) is 0 Å². The van der Waals surface area contributed by atoms with E-state index >= 15 is 0 Å². The molecule has 28 heavy (non-hydrogen) atoms. The maximum absolute atomic E-state index is 11.5. The predicted octanol–water partition coefficient (Wildman–Crippen LogP) is 5.81. The number of carbonyl (C=O) groups excluding carboxylic acids is 1. The Morgan fingerprint density at radius 2 is 1.82 bits per heavy atom. The minimum Gasteiger partial charge on any atom is -0.493 e. The van der Waals surface area contributed by atoms with E-state index in [0.717, 1.165) is 17.1 Å². The summed E-state index contributed by atoms with van der Waals surface area (Å²) in [4.78, 5) is 11.5. The number of rotatable bonds is 7. The summed E-state index contributed by atoms with van der Waals surface area (Å²) in [6, 6.07) is 17.6. The number of aryl methyl sites for hydroxylation is 1. The SMILES string of the molecule is CC(=O)Oc1ccc(OCC(C)C)cc1-c1oc(Cc2ccccc2)cc1C. The van der Waals surface area contributed by atoms with Crippen LogP contribution in [-0.2, 0) is 11.2 Å². The van der Waals surface area contributed by atoms with Crippen molar-refractivity contribution in [1.29, 1.82) is 0 Å². The third kappa shape index (κ3) is 5.03. The van der Waals surface area contributed by atoms with Crippen LogP contribution in [0.2, 0.25) is 0 Å². The summed E-state index contributed by atoms with van der Waals surface area (Å²) < 4.78 is 17.4. The van der Waals surface area contributed by atoms with E-state index in [1.54, 1.807) is 6.07 Å². The van der Waals surface area contributed by atoms with Gasteiger partial charge in [-0.15, -0.1) is 0 Å². The minimum absolute atomic E-state index is 0.370. The van der Waals surface area contributed by atoms with Gasteiger partial charge in [0.05, 0.1) is 12.2 Å². The molecule has 0 N–H and O–H groups in total. The van der Waals surface area contributed by atoms with Gasteiger partial charge in [-0.25, -0.2) is 0 Å². The number of furan rings is 1. The summed E-state index contributed by atoms with van der Waals surface area (Å²) in [6.07, 6.45) is 0.702. The lowest BCUT2D eigenvalue weighted by atomic mass is 10.1. The largest absolute Gasteiger partial charge is 0.493 e. The average molecular weight is 378 g/mol. The molecular formula is C24H26O4. The van der Waals surface area contributed by atoms with Crippen molar-refractivity contribution < 1.29 is 18.7 Å². The molecule has 3 aromatic rings. The zero-order valence-electron chi connectivity index (χ0n) is 16.8. The van der Waals surface area contributed by atoms with Crippen LogP contribution in [-0.4, -0.2) is 12.6 Å². The fourth-order valence-electron chi connectivity index (χ4n) is 2.98. The average Bonchev–Trinajstić information content (AvgIpc) is 3.01. The van der Waals surface area contributed by atoms with Gasteiger partial charge in [-0.1, -0.05) is 44.2 Å². The van der Waals surface area contributed by atoms with Gasteiger partial charge in [0.1, 0.15) is 23.0 Å². The molecule has 0 fully saturated rings. The van der Waals surface area contributed by atoms with Crippen LogP contribution in [0.1, 0.15) is 37.7 Å². The van der Waals surface area contributed by atoms with Crippen molar-refractivity contribution in [3.63, 3.8) is 0 Å². The minimum atomic E-state index is -0.370. The zero-order chi connectivity index (χ0) is 20.1. The second kappa shape index (κ2) is 8.79. The van der Waals surface area contributed by atoms with E-state index in [-0.39, 0.29) is 5.97 Å². The molecule has 0 saturated carbocycles. The lowest BCUT2D eigenvalue weighted by molar-refractivity contribution is -0.131. The highest BCUT2D eigenvalue weighted by Gasteiger charge is 2.17. The number of esters is 1. The summed E-state index contributed by atoms with van der Waals surface area (Å²) in [5, 5.41) is 0. The number of ether oxygens (including phenoxy) is 2. The van der Waals surface area contributed by atoms with E-state index < -0.39 is 0 Å². The standard InChI is InChI=1S/C24H26O4/c1-16(2)15-26-20-10-11-23(27-18(4)25)22(14-20)24-17(3)12-21(28-24)13-19-8-6-5-7-9-19/h5-12,14,16H,13,15H2,1-4H3. The monoisotopic (exact) mass is 378 g/mol. The van der Waals surface area contributed by atoms with Crippen molar-refractivity contribution in [1.82, 2.24) is 0 Å². The van der Waals surface area contributed by atoms with Gasteiger partial charge in [0.2, 0.25) is 0 Å². The maximum Gasteiger partial charge on any atom is 0.308 e. The first-order valence-corrected chi connectivity index (χ1v) is 9.51. The van der Waals surface area contributed by atoms with Crippen molar-refractivity contribution in [2.75, 3.05) is 6.61 Å². The highest BCUT2D eigenvalue weighted by molar-refractivity contribution is 5.76. The molecule has 3 rings (SSSR count). The van der Waals surface area contributed by atoms with Crippen LogP contribution in [0, 0.1) is 12.8 Å². The molecule has 4 heteroatoms. The fraction of sp³-hybridized carbons (Fsp3) is 0.292. The molecule has 0 aliphatic heterocycles. The summed E-state index contributed by atoms with van der Waals surface area (Å²) in [6.45, 7) is 8.19. The third-order valence-corrected chi connectivity index (χ3v) is 4.22. The molecule has 0 atom stereocenters. The first-order chi connectivity index (χ1) is 13.4. The van der Waals surface area contributed by atoms with Crippen LogP contribution in [0.5, 0.6) is 11.5 Å². The first-order valence-electron chi connectivity index (χ1n) is 9.51.